The van der Waals surface area contributed by atoms with Gasteiger partial charge in [-0.05, 0) is 91.8 Å². The molecule has 1 heterocycles. The fraction of sp³-hybridized carbons (Fsp3) is 0.267. The highest BCUT2D eigenvalue weighted by molar-refractivity contribution is 6.30. The van der Waals surface area contributed by atoms with Crippen LogP contribution in [-0.4, -0.2) is 40.5 Å². The molecule has 2 amide bonds. The van der Waals surface area contributed by atoms with E-state index in [2.05, 4.69) is 5.32 Å². The maximum atomic E-state index is 13.8. The van der Waals surface area contributed by atoms with Gasteiger partial charge in [0.05, 0.1) is 12.3 Å². The molecule has 0 radical (unpaired) electrons. The Balaban J connectivity index is 1.64. The van der Waals surface area contributed by atoms with Crippen LogP contribution >= 0.6 is 11.6 Å². The lowest BCUT2D eigenvalue weighted by molar-refractivity contribution is -0.149. The zero-order valence-electron chi connectivity index (χ0n) is 21.6. The molecule has 2 unspecified atom stereocenters. The van der Waals surface area contributed by atoms with E-state index >= 15 is 0 Å². The highest BCUT2D eigenvalue weighted by Gasteiger charge is 2.36. The molecule has 0 aromatic heterocycles. The third-order valence-corrected chi connectivity index (χ3v) is 7.36. The van der Waals surface area contributed by atoms with Crippen LogP contribution in [0.1, 0.15) is 62.6 Å². The molecule has 9 heteroatoms. The smallest absolute Gasteiger partial charge is 0.307 e. The SMILES string of the molecule is Cc1ccccc1C(=O)Nc1ccc(C(=O)N2CCCC(C(CC(=O)O)C(=O)O)c3cc(Cl)ccc32)c(C)c1. The molecule has 2 atom stereocenters. The lowest BCUT2D eigenvalue weighted by Gasteiger charge is -2.27. The number of aryl methyl sites for hydroxylation is 2. The number of anilines is 2. The molecule has 3 aromatic carbocycles. The molecular formula is C30H29ClN2O6. The van der Waals surface area contributed by atoms with Crippen LogP contribution in [0.3, 0.4) is 0 Å². The summed E-state index contributed by atoms with van der Waals surface area (Å²) >= 11 is 6.27. The van der Waals surface area contributed by atoms with E-state index in [0.29, 0.717) is 58.0 Å². The van der Waals surface area contributed by atoms with E-state index < -0.39 is 30.2 Å². The Labute approximate surface area is 231 Å². The zero-order valence-corrected chi connectivity index (χ0v) is 22.4. The van der Waals surface area contributed by atoms with Crippen molar-refractivity contribution in [3.63, 3.8) is 0 Å². The Morgan fingerprint density at radius 1 is 0.974 bits per heavy atom. The van der Waals surface area contributed by atoms with Gasteiger partial charge in [-0.15, -0.1) is 0 Å². The fourth-order valence-electron chi connectivity index (χ4n) is 5.18. The second kappa shape index (κ2) is 11.7. The molecule has 0 fully saturated rings. The Kier molecular flexibility index (Phi) is 8.35. The molecule has 0 aliphatic carbocycles. The van der Waals surface area contributed by atoms with Gasteiger partial charge in [-0.3, -0.25) is 19.2 Å². The van der Waals surface area contributed by atoms with Crippen molar-refractivity contribution in [3.05, 3.63) is 93.5 Å². The van der Waals surface area contributed by atoms with E-state index in [9.17, 15) is 29.4 Å². The van der Waals surface area contributed by atoms with Crippen LogP contribution in [0.4, 0.5) is 11.4 Å². The molecule has 1 aliphatic heterocycles. The maximum absolute atomic E-state index is 13.8. The van der Waals surface area contributed by atoms with Crippen molar-refractivity contribution < 1.29 is 29.4 Å². The van der Waals surface area contributed by atoms with Gasteiger partial charge in [0.1, 0.15) is 0 Å². The van der Waals surface area contributed by atoms with E-state index in [1.54, 1.807) is 60.4 Å². The van der Waals surface area contributed by atoms with E-state index in [0.717, 1.165) is 5.56 Å². The zero-order chi connectivity index (χ0) is 28.3. The predicted octanol–water partition coefficient (Wildman–Crippen LogP) is 5.91. The summed E-state index contributed by atoms with van der Waals surface area (Å²) in [6, 6.07) is 17.3. The van der Waals surface area contributed by atoms with E-state index in [1.807, 2.05) is 19.1 Å². The second-order valence-corrected chi connectivity index (χ2v) is 10.2. The third kappa shape index (κ3) is 6.12. The Bertz CT molecular complexity index is 1450. The monoisotopic (exact) mass is 548 g/mol. The van der Waals surface area contributed by atoms with Gasteiger partial charge in [-0.2, -0.15) is 0 Å². The summed E-state index contributed by atoms with van der Waals surface area (Å²) in [5, 5.41) is 22.4. The van der Waals surface area contributed by atoms with E-state index in [-0.39, 0.29) is 11.8 Å². The summed E-state index contributed by atoms with van der Waals surface area (Å²) in [6.45, 7) is 3.97. The predicted molar refractivity (Wildman–Crippen MR) is 149 cm³/mol. The summed E-state index contributed by atoms with van der Waals surface area (Å²) in [4.78, 5) is 51.6. The van der Waals surface area contributed by atoms with Crippen molar-refractivity contribution in [1.29, 1.82) is 0 Å². The van der Waals surface area contributed by atoms with Gasteiger partial charge in [0.2, 0.25) is 0 Å². The van der Waals surface area contributed by atoms with E-state index in [1.165, 1.54) is 0 Å². The molecule has 1 aliphatic rings. The minimum Gasteiger partial charge on any atom is -0.481 e. The number of nitrogens with zero attached hydrogens (tertiary/aromatic N) is 1. The first kappa shape index (κ1) is 27.9. The Hall–Kier alpha value is -4.17. The van der Waals surface area contributed by atoms with Crippen molar-refractivity contribution in [3.8, 4) is 0 Å². The number of aliphatic carboxylic acids is 2. The number of carboxylic acid groups (broad SMARTS) is 2. The average Bonchev–Trinajstić information content (AvgIpc) is 3.06. The number of rotatable bonds is 7. The number of carboxylic acids is 2. The van der Waals surface area contributed by atoms with Crippen LogP contribution in [-0.2, 0) is 9.59 Å². The summed E-state index contributed by atoms with van der Waals surface area (Å²) in [7, 11) is 0. The first-order valence-corrected chi connectivity index (χ1v) is 13.0. The Morgan fingerprint density at radius 3 is 2.38 bits per heavy atom. The number of benzene rings is 3. The molecule has 8 nitrogen and oxygen atoms in total. The van der Waals surface area contributed by atoms with Gasteiger partial charge in [0.25, 0.3) is 11.8 Å². The number of fused-ring (bicyclic) bond motifs is 1. The molecule has 202 valence electrons. The molecule has 0 spiro atoms. The average molecular weight is 549 g/mol. The standard InChI is InChI=1S/C30H29ClN2O6/c1-17-6-3-4-7-21(17)28(36)32-20-10-11-22(18(2)14-20)29(37)33-13-5-8-23(25(30(38)39)16-27(34)35)24-15-19(31)9-12-26(24)33/h3-4,6-7,9-12,14-15,23,25H,5,8,13,16H2,1-2H3,(H,32,36)(H,34,35)(H,38,39). The topological polar surface area (TPSA) is 124 Å². The van der Waals surface area contributed by atoms with E-state index in [4.69, 9.17) is 11.6 Å². The fourth-order valence-corrected chi connectivity index (χ4v) is 5.37. The lowest BCUT2D eigenvalue weighted by atomic mass is 9.80. The normalized spacial score (nSPS) is 15.6. The van der Waals surface area contributed by atoms with Crippen LogP contribution in [0, 0.1) is 19.8 Å². The van der Waals surface area contributed by atoms with Crippen LogP contribution in [0.15, 0.2) is 60.7 Å². The summed E-state index contributed by atoms with van der Waals surface area (Å²) in [6.07, 6.45) is 0.342. The number of carbonyl (C=O) groups is 4. The first-order chi connectivity index (χ1) is 18.6. The quantitative estimate of drug-likeness (QED) is 0.337. The number of nitrogens with one attached hydrogen (secondary N) is 1. The van der Waals surface area contributed by atoms with Gasteiger partial charge in [-0.1, -0.05) is 29.8 Å². The molecule has 0 bridgehead atoms. The van der Waals surface area contributed by atoms with Crippen molar-refractivity contribution >= 4 is 46.7 Å². The minimum absolute atomic E-state index is 0.245. The minimum atomic E-state index is -1.20. The largest absolute Gasteiger partial charge is 0.481 e. The molecule has 4 rings (SSSR count). The van der Waals surface area contributed by atoms with Gasteiger partial charge in [0, 0.05) is 34.1 Å². The Morgan fingerprint density at radius 2 is 1.72 bits per heavy atom. The summed E-state index contributed by atoms with van der Waals surface area (Å²) < 4.78 is 0. The number of hydrogen-bond donors (Lipinski definition) is 3. The van der Waals surface area contributed by atoms with Crippen LogP contribution in [0.5, 0.6) is 0 Å². The van der Waals surface area contributed by atoms with Crippen LogP contribution < -0.4 is 10.2 Å². The van der Waals surface area contributed by atoms with Gasteiger partial charge >= 0.3 is 11.9 Å². The number of amides is 2. The van der Waals surface area contributed by atoms with Crippen LogP contribution in [0.25, 0.3) is 0 Å². The van der Waals surface area contributed by atoms with Gasteiger partial charge < -0.3 is 20.4 Å². The maximum Gasteiger partial charge on any atom is 0.307 e. The molecule has 3 aromatic rings. The summed E-state index contributed by atoms with van der Waals surface area (Å²) in [5.41, 5.74) is 4.12. The van der Waals surface area contributed by atoms with Crippen LogP contribution in [0.2, 0.25) is 5.02 Å². The number of hydrogen-bond acceptors (Lipinski definition) is 4. The second-order valence-electron chi connectivity index (χ2n) is 9.75. The van der Waals surface area contributed by atoms with Gasteiger partial charge in [0.15, 0.2) is 0 Å². The highest BCUT2D eigenvalue weighted by atomic mass is 35.5. The highest BCUT2D eigenvalue weighted by Crippen LogP contribution is 2.42. The molecular weight excluding hydrogens is 520 g/mol. The van der Waals surface area contributed by atoms with Crippen molar-refractivity contribution in [1.82, 2.24) is 0 Å². The number of carbonyl (C=O) groups excluding carboxylic acids is 2. The third-order valence-electron chi connectivity index (χ3n) is 7.12. The number of halogens is 1. The molecule has 3 N–H and O–H groups in total. The lowest BCUT2D eigenvalue weighted by Crippen LogP contribution is -2.32. The molecule has 0 saturated carbocycles. The first-order valence-electron chi connectivity index (χ1n) is 12.6. The molecule has 0 saturated heterocycles. The van der Waals surface area contributed by atoms with Gasteiger partial charge in [-0.25, -0.2) is 0 Å². The van der Waals surface area contributed by atoms with Crippen molar-refractivity contribution in [2.45, 2.75) is 39.0 Å². The molecule has 39 heavy (non-hydrogen) atoms. The van der Waals surface area contributed by atoms with Crippen molar-refractivity contribution in [2.24, 2.45) is 5.92 Å². The summed E-state index contributed by atoms with van der Waals surface area (Å²) in [5.74, 6) is -4.71. The van der Waals surface area contributed by atoms with Crippen molar-refractivity contribution in [2.75, 3.05) is 16.8 Å².